The van der Waals surface area contributed by atoms with E-state index in [1.54, 1.807) is 0 Å². The van der Waals surface area contributed by atoms with E-state index in [1.807, 2.05) is 4.90 Å². The first kappa shape index (κ1) is 43.4. The SMILES string of the molecule is CCCCCCCC[NH+](CCCCCCCC)CCCCCCCC.O=S(=O)([O-])C(F)(F)C(F)(F)C(F)(F)C(F)(F)F. The summed E-state index contributed by atoms with van der Waals surface area (Å²) in [6.07, 6.45) is 18.8. The van der Waals surface area contributed by atoms with Gasteiger partial charge in [0.1, 0.15) is 0 Å². The zero-order valence-electron chi connectivity index (χ0n) is 25.4. The Morgan fingerprint density at radius 1 is 0.476 bits per heavy atom. The van der Waals surface area contributed by atoms with Crippen molar-refractivity contribution in [3.05, 3.63) is 0 Å². The second kappa shape index (κ2) is 21.9. The zero-order valence-corrected chi connectivity index (χ0v) is 26.2. The molecule has 0 aliphatic rings. The average molecular weight is 654 g/mol. The number of alkyl halides is 9. The predicted octanol–water partition coefficient (Wildman–Crippen LogP) is 8.91. The second-order valence-corrected chi connectivity index (χ2v) is 12.3. The molecule has 0 aromatic heterocycles. The maximum atomic E-state index is 12.2. The van der Waals surface area contributed by atoms with Crippen LogP contribution in [-0.4, -0.2) is 55.9 Å². The molecule has 0 aromatic carbocycles. The molecule has 4 nitrogen and oxygen atoms in total. The van der Waals surface area contributed by atoms with Crippen molar-refractivity contribution in [3.63, 3.8) is 0 Å². The van der Waals surface area contributed by atoms with Crippen molar-refractivity contribution in [2.75, 3.05) is 19.6 Å². The van der Waals surface area contributed by atoms with Crippen LogP contribution in [0.1, 0.15) is 136 Å². The molecule has 0 aliphatic carbocycles. The summed E-state index contributed by atoms with van der Waals surface area (Å²) in [5, 5.41) is -7.11. The van der Waals surface area contributed by atoms with Gasteiger partial charge in [-0.1, -0.05) is 97.8 Å². The van der Waals surface area contributed by atoms with Crippen molar-refractivity contribution in [3.8, 4) is 0 Å². The van der Waals surface area contributed by atoms with E-state index in [-0.39, 0.29) is 0 Å². The largest absolute Gasteiger partial charge is 0.743 e. The third-order valence-corrected chi connectivity index (χ3v) is 7.97. The first-order valence-electron chi connectivity index (χ1n) is 15.3. The number of hydrogen-bond donors (Lipinski definition) is 1. The first-order chi connectivity index (χ1) is 19.3. The summed E-state index contributed by atoms with van der Waals surface area (Å²) >= 11 is 0. The summed E-state index contributed by atoms with van der Waals surface area (Å²) in [5.41, 5.74) is 0. The molecule has 0 aromatic rings. The van der Waals surface area contributed by atoms with Crippen LogP contribution in [0.5, 0.6) is 0 Å². The quantitative estimate of drug-likeness (QED) is 0.0643. The standard InChI is InChI=1S/C24H51N.C4HF9O3S/c1-4-7-10-13-16-19-22-25(23-20-17-14-11-8-5-2)24-21-18-15-12-9-6-3;5-1(6,3(9,10)11)2(7,8)4(12,13)17(14,15)16/h4-24H2,1-3H3;(H,14,15,16). The fourth-order valence-electron chi connectivity index (χ4n) is 4.36. The highest BCUT2D eigenvalue weighted by Gasteiger charge is 2.83. The smallest absolute Gasteiger partial charge is 0.460 e. The molecule has 0 spiro atoms. The van der Waals surface area contributed by atoms with Gasteiger partial charge in [0.15, 0.2) is 10.1 Å². The first-order valence-corrected chi connectivity index (χ1v) is 16.7. The molecule has 1 N–H and O–H groups in total. The van der Waals surface area contributed by atoms with Crippen LogP contribution in [0, 0.1) is 0 Å². The topological polar surface area (TPSA) is 61.6 Å². The third kappa shape index (κ3) is 16.4. The van der Waals surface area contributed by atoms with Gasteiger partial charge in [0.05, 0.1) is 19.6 Å². The third-order valence-electron chi connectivity index (χ3n) is 7.08. The molecule has 256 valence electrons. The van der Waals surface area contributed by atoms with Crippen LogP contribution in [0.2, 0.25) is 0 Å². The van der Waals surface area contributed by atoms with Crippen molar-refractivity contribution in [2.45, 2.75) is 160 Å². The molecular weight excluding hydrogens is 601 g/mol. The average Bonchev–Trinajstić information content (AvgIpc) is 2.88. The molecule has 0 saturated carbocycles. The minimum Gasteiger partial charge on any atom is -0.743 e. The Morgan fingerprint density at radius 2 is 0.738 bits per heavy atom. The Labute approximate surface area is 246 Å². The molecule has 0 saturated heterocycles. The highest BCUT2D eigenvalue weighted by atomic mass is 32.2. The van der Waals surface area contributed by atoms with Gasteiger partial charge in [-0.2, -0.15) is 39.5 Å². The van der Waals surface area contributed by atoms with E-state index >= 15 is 0 Å². The van der Waals surface area contributed by atoms with E-state index in [0.717, 1.165) is 0 Å². The van der Waals surface area contributed by atoms with E-state index in [1.165, 1.54) is 135 Å². The minimum atomic E-state index is -7.43. The molecule has 14 heteroatoms. The second-order valence-electron chi connectivity index (χ2n) is 10.9. The molecule has 0 radical (unpaired) electrons. The number of rotatable bonds is 24. The van der Waals surface area contributed by atoms with Gasteiger partial charge in [0.25, 0.3) is 0 Å². The van der Waals surface area contributed by atoms with Crippen LogP contribution >= 0.6 is 0 Å². The van der Waals surface area contributed by atoms with Crippen LogP contribution < -0.4 is 4.90 Å². The Balaban J connectivity index is 0. The van der Waals surface area contributed by atoms with Gasteiger partial charge in [-0.25, -0.2) is 8.42 Å². The van der Waals surface area contributed by atoms with Crippen molar-refractivity contribution < 1.29 is 57.4 Å². The highest BCUT2D eigenvalue weighted by molar-refractivity contribution is 7.86. The highest BCUT2D eigenvalue weighted by Crippen LogP contribution is 2.54. The monoisotopic (exact) mass is 653 g/mol. The Hall–Kier alpha value is -0.760. The minimum absolute atomic E-state index is 1.37. The molecule has 0 aliphatic heterocycles. The number of halogens is 9. The molecule has 0 fully saturated rings. The Bertz CT molecular complexity index is 726. The Morgan fingerprint density at radius 3 is 0.976 bits per heavy atom. The molecule has 0 heterocycles. The van der Waals surface area contributed by atoms with Gasteiger partial charge >= 0.3 is 23.3 Å². The van der Waals surface area contributed by atoms with E-state index in [0.29, 0.717) is 0 Å². The van der Waals surface area contributed by atoms with Gasteiger partial charge in [-0.05, 0) is 38.5 Å². The van der Waals surface area contributed by atoms with Crippen molar-refractivity contribution in [2.24, 2.45) is 0 Å². The van der Waals surface area contributed by atoms with Crippen LogP contribution in [0.4, 0.5) is 39.5 Å². The van der Waals surface area contributed by atoms with Gasteiger partial charge in [-0.3, -0.25) is 0 Å². The summed E-state index contributed by atoms with van der Waals surface area (Å²) in [6, 6.07) is 0. The molecule has 0 atom stereocenters. The van der Waals surface area contributed by atoms with Crippen LogP contribution in [-0.2, 0) is 10.1 Å². The molecule has 0 unspecified atom stereocenters. The normalized spacial score (nSPS) is 13.4. The number of quaternary nitrogens is 1. The van der Waals surface area contributed by atoms with Gasteiger partial charge < -0.3 is 9.45 Å². The van der Waals surface area contributed by atoms with Crippen LogP contribution in [0.25, 0.3) is 0 Å². The lowest BCUT2D eigenvalue weighted by Gasteiger charge is -2.34. The summed E-state index contributed by atoms with van der Waals surface area (Å²) < 4.78 is 135. The van der Waals surface area contributed by atoms with E-state index in [9.17, 15) is 52.5 Å². The molecule has 0 rings (SSSR count). The van der Waals surface area contributed by atoms with Crippen LogP contribution in [0.15, 0.2) is 0 Å². The fourth-order valence-corrected chi connectivity index (χ4v) is 4.80. The van der Waals surface area contributed by atoms with Gasteiger partial charge in [0, 0.05) is 0 Å². The van der Waals surface area contributed by atoms with E-state index in [2.05, 4.69) is 20.8 Å². The fraction of sp³-hybridized carbons (Fsp3) is 1.00. The summed E-state index contributed by atoms with van der Waals surface area (Å²) in [7, 11) is -7.42. The predicted molar refractivity (Wildman–Crippen MR) is 146 cm³/mol. The molecule has 0 amide bonds. The summed E-state index contributed by atoms with van der Waals surface area (Å²) in [4.78, 5) is 1.92. The van der Waals surface area contributed by atoms with Crippen LogP contribution in [0.3, 0.4) is 0 Å². The number of unbranched alkanes of at least 4 members (excludes halogenated alkanes) is 15. The van der Waals surface area contributed by atoms with Crippen molar-refractivity contribution >= 4 is 10.1 Å². The van der Waals surface area contributed by atoms with Gasteiger partial charge in [-0.15, -0.1) is 0 Å². The molecule has 0 bridgehead atoms. The van der Waals surface area contributed by atoms with Gasteiger partial charge in [0.2, 0.25) is 0 Å². The lowest BCUT2D eigenvalue weighted by atomic mass is 10.1. The Kier molecular flexibility index (Phi) is 22.6. The summed E-state index contributed by atoms with van der Waals surface area (Å²) in [5.74, 6) is -14.8. The maximum absolute atomic E-state index is 12.2. The number of hydrogen-bond acceptors (Lipinski definition) is 3. The van der Waals surface area contributed by atoms with E-state index < -0.39 is 33.4 Å². The number of nitrogens with one attached hydrogen (secondary N) is 1. The summed E-state index contributed by atoms with van der Waals surface area (Å²) in [6.45, 7) is 11.3. The van der Waals surface area contributed by atoms with Crippen molar-refractivity contribution in [1.82, 2.24) is 0 Å². The molecule has 42 heavy (non-hydrogen) atoms. The maximum Gasteiger partial charge on any atom is 0.460 e. The van der Waals surface area contributed by atoms with E-state index in [4.69, 9.17) is 0 Å². The van der Waals surface area contributed by atoms with Crippen molar-refractivity contribution in [1.29, 1.82) is 0 Å². The molecular formula is C28H52F9NO3S. The lowest BCUT2D eigenvalue weighted by molar-refractivity contribution is -0.900. The zero-order chi connectivity index (χ0) is 32.9. The lowest BCUT2D eigenvalue weighted by Crippen LogP contribution is -3.12.